The first-order chi connectivity index (χ1) is 15.0. The van der Waals surface area contributed by atoms with E-state index in [4.69, 9.17) is 4.74 Å². The number of ether oxygens (including phenoxy) is 1. The van der Waals surface area contributed by atoms with Crippen LogP contribution in [0.3, 0.4) is 0 Å². The van der Waals surface area contributed by atoms with E-state index in [1.54, 1.807) is 67.0 Å². The molecular weight excluding hydrogens is 416 g/mol. The maximum atomic E-state index is 13.2. The first-order valence-corrected chi connectivity index (χ1v) is 11.0. The van der Waals surface area contributed by atoms with Crippen LogP contribution in [0.5, 0.6) is 5.75 Å². The summed E-state index contributed by atoms with van der Waals surface area (Å²) in [7, 11) is -3.98. The van der Waals surface area contributed by atoms with Crippen molar-refractivity contribution in [1.82, 2.24) is 10.4 Å². The van der Waals surface area contributed by atoms with Crippen molar-refractivity contribution in [1.29, 1.82) is 0 Å². The summed E-state index contributed by atoms with van der Waals surface area (Å²) in [6, 6.07) is 18.0. The standard InChI is InChI=1S/C22H22N4O4S/c1-2-30-20-12-10-19(11-13-20)26(31(28,29)21-8-4-3-5-9-21)17-22(27)25-24-16-18-7-6-14-23-15-18/h3-16H,2,17H2,1H3,(H,25,27)/b24-16+. The highest BCUT2D eigenvalue weighted by Crippen LogP contribution is 2.25. The van der Waals surface area contributed by atoms with Crippen LogP contribution in [-0.4, -0.2) is 38.7 Å². The lowest BCUT2D eigenvalue weighted by Gasteiger charge is -2.24. The van der Waals surface area contributed by atoms with Gasteiger partial charge in [0.2, 0.25) is 0 Å². The van der Waals surface area contributed by atoms with Gasteiger partial charge in [0.1, 0.15) is 12.3 Å². The summed E-state index contributed by atoms with van der Waals surface area (Å²) in [6.07, 6.45) is 4.64. The Labute approximate surface area is 181 Å². The maximum Gasteiger partial charge on any atom is 0.264 e. The number of sulfonamides is 1. The van der Waals surface area contributed by atoms with E-state index >= 15 is 0 Å². The van der Waals surface area contributed by atoms with Crippen LogP contribution in [-0.2, 0) is 14.8 Å². The van der Waals surface area contributed by atoms with E-state index in [2.05, 4.69) is 15.5 Å². The zero-order chi connectivity index (χ0) is 22.1. The Morgan fingerprint density at radius 1 is 1.10 bits per heavy atom. The summed E-state index contributed by atoms with van der Waals surface area (Å²) in [5.74, 6) is 0.0161. The number of nitrogens with zero attached hydrogens (tertiary/aromatic N) is 3. The predicted molar refractivity (Wildman–Crippen MR) is 119 cm³/mol. The zero-order valence-corrected chi connectivity index (χ0v) is 17.7. The number of anilines is 1. The molecule has 2 aromatic carbocycles. The number of amides is 1. The van der Waals surface area contributed by atoms with Crippen LogP contribution in [0, 0.1) is 0 Å². The first kappa shape index (κ1) is 22.0. The molecule has 0 spiro atoms. The summed E-state index contributed by atoms with van der Waals surface area (Å²) in [6.45, 7) is 1.90. The summed E-state index contributed by atoms with van der Waals surface area (Å²) in [5, 5.41) is 3.88. The number of carbonyl (C=O) groups excluding carboxylic acids is 1. The number of rotatable bonds is 9. The van der Waals surface area contributed by atoms with Gasteiger partial charge in [-0.3, -0.25) is 14.1 Å². The number of benzene rings is 2. The molecule has 0 saturated heterocycles. The van der Waals surface area contributed by atoms with Gasteiger partial charge >= 0.3 is 0 Å². The van der Waals surface area contributed by atoms with Gasteiger partial charge in [-0.1, -0.05) is 24.3 Å². The molecule has 0 unspecified atom stereocenters. The van der Waals surface area contributed by atoms with Gasteiger partial charge in [-0.25, -0.2) is 13.8 Å². The third-order valence-corrected chi connectivity index (χ3v) is 5.93. The molecule has 0 radical (unpaired) electrons. The summed E-state index contributed by atoms with van der Waals surface area (Å²) < 4.78 is 32.9. The molecule has 0 fully saturated rings. The highest BCUT2D eigenvalue weighted by atomic mass is 32.2. The molecule has 1 aromatic heterocycles. The van der Waals surface area contributed by atoms with Crippen molar-refractivity contribution in [2.24, 2.45) is 5.10 Å². The molecule has 0 atom stereocenters. The van der Waals surface area contributed by atoms with Gasteiger partial charge in [0.25, 0.3) is 15.9 Å². The molecule has 8 nitrogen and oxygen atoms in total. The van der Waals surface area contributed by atoms with Crippen molar-refractivity contribution in [2.45, 2.75) is 11.8 Å². The predicted octanol–water partition coefficient (Wildman–Crippen LogP) is 2.83. The molecule has 1 amide bonds. The van der Waals surface area contributed by atoms with E-state index in [0.717, 1.165) is 4.31 Å². The molecule has 0 saturated carbocycles. The summed E-state index contributed by atoms with van der Waals surface area (Å²) >= 11 is 0. The fraction of sp³-hybridized carbons (Fsp3) is 0.136. The average molecular weight is 439 g/mol. The van der Waals surface area contributed by atoms with E-state index in [9.17, 15) is 13.2 Å². The second kappa shape index (κ2) is 10.4. The van der Waals surface area contributed by atoms with Gasteiger partial charge in [0.05, 0.1) is 23.4 Å². The Morgan fingerprint density at radius 2 is 1.84 bits per heavy atom. The molecule has 1 heterocycles. The van der Waals surface area contributed by atoms with E-state index in [0.29, 0.717) is 23.6 Å². The second-order valence-corrected chi connectivity index (χ2v) is 8.19. The SMILES string of the molecule is CCOc1ccc(N(CC(=O)N/N=C/c2cccnc2)S(=O)(=O)c2ccccc2)cc1. The van der Waals surface area contributed by atoms with Crippen LogP contribution in [0.4, 0.5) is 5.69 Å². The largest absolute Gasteiger partial charge is 0.494 e. The minimum atomic E-state index is -3.98. The molecule has 31 heavy (non-hydrogen) atoms. The molecule has 9 heteroatoms. The van der Waals surface area contributed by atoms with E-state index < -0.39 is 22.5 Å². The third kappa shape index (κ3) is 5.89. The maximum absolute atomic E-state index is 13.2. The van der Waals surface area contributed by atoms with Gasteiger partial charge in [0.15, 0.2) is 0 Å². The number of hydrazone groups is 1. The van der Waals surface area contributed by atoms with Crippen LogP contribution in [0.2, 0.25) is 0 Å². The number of hydrogen-bond acceptors (Lipinski definition) is 6. The van der Waals surface area contributed by atoms with Crippen molar-refractivity contribution in [2.75, 3.05) is 17.5 Å². The number of hydrogen-bond donors (Lipinski definition) is 1. The van der Waals surface area contributed by atoms with E-state index in [1.165, 1.54) is 18.3 Å². The van der Waals surface area contributed by atoms with Gasteiger partial charge in [-0.05, 0) is 49.4 Å². The highest BCUT2D eigenvalue weighted by molar-refractivity contribution is 7.92. The minimum Gasteiger partial charge on any atom is -0.494 e. The van der Waals surface area contributed by atoms with Crippen molar-refractivity contribution in [3.05, 3.63) is 84.7 Å². The molecule has 0 bridgehead atoms. The molecular formula is C22H22N4O4S. The molecule has 1 N–H and O–H groups in total. The molecule has 0 aliphatic rings. The molecule has 3 aromatic rings. The number of aromatic nitrogens is 1. The third-order valence-electron chi connectivity index (χ3n) is 4.14. The number of nitrogens with one attached hydrogen (secondary N) is 1. The van der Waals surface area contributed by atoms with Crippen LogP contribution in [0.1, 0.15) is 12.5 Å². The van der Waals surface area contributed by atoms with Crippen LogP contribution in [0.15, 0.2) is 89.1 Å². The summed E-state index contributed by atoms with van der Waals surface area (Å²) in [4.78, 5) is 16.5. The lowest BCUT2D eigenvalue weighted by Crippen LogP contribution is -2.39. The van der Waals surface area contributed by atoms with Crippen molar-refractivity contribution < 1.29 is 17.9 Å². The molecule has 3 rings (SSSR count). The fourth-order valence-electron chi connectivity index (χ4n) is 2.71. The van der Waals surface area contributed by atoms with Crippen LogP contribution >= 0.6 is 0 Å². The highest BCUT2D eigenvalue weighted by Gasteiger charge is 2.27. The quantitative estimate of drug-likeness (QED) is 0.409. The van der Waals surface area contributed by atoms with E-state index in [1.807, 2.05) is 6.92 Å². The van der Waals surface area contributed by atoms with Crippen molar-refractivity contribution in [3.63, 3.8) is 0 Å². The smallest absolute Gasteiger partial charge is 0.264 e. The summed E-state index contributed by atoms with van der Waals surface area (Å²) in [5.41, 5.74) is 3.39. The van der Waals surface area contributed by atoms with E-state index in [-0.39, 0.29) is 4.90 Å². The monoisotopic (exact) mass is 438 g/mol. The van der Waals surface area contributed by atoms with Gasteiger partial charge < -0.3 is 4.74 Å². The fourth-order valence-corrected chi connectivity index (χ4v) is 4.15. The molecule has 0 aliphatic heterocycles. The minimum absolute atomic E-state index is 0.0792. The van der Waals surface area contributed by atoms with Gasteiger partial charge in [-0.15, -0.1) is 0 Å². The Morgan fingerprint density at radius 3 is 2.48 bits per heavy atom. The zero-order valence-electron chi connectivity index (χ0n) is 16.9. The van der Waals surface area contributed by atoms with Crippen LogP contribution in [0.25, 0.3) is 0 Å². The first-order valence-electron chi connectivity index (χ1n) is 9.53. The van der Waals surface area contributed by atoms with Crippen molar-refractivity contribution in [3.8, 4) is 5.75 Å². The molecule has 0 aliphatic carbocycles. The number of pyridine rings is 1. The van der Waals surface area contributed by atoms with Crippen molar-refractivity contribution >= 4 is 27.8 Å². The Balaban J connectivity index is 1.83. The normalized spacial score (nSPS) is 11.3. The average Bonchev–Trinajstić information content (AvgIpc) is 2.79. The van der Waals surface area contributed by atoms with Crippen LogP contribution < -0.4 is 14.5 Å². The van der Waals surface area contributed by atoms with Gasteiger partial charge in [0, 0.05) is 18.0 Å². The topological polar surface area (TPSA) is 101 Å². The Kier molecular flexibility index (Phi) is 7.34. The molecule has 160 valence electrons. The lowest BCUT2D eigenvalue weighted by molar-refractivity contribution is -0.119. The Bertz CT molecular complexity index is 1120. The van der Waals surface area contributed by atoms with Gasteiger partial charge in [-0.2, -0.15) is 5.10 Å². The Hall–Kier alpha value is -3.72. The second-order valence-electron chi connectivity index (χ2n) is 6.33. The number of carbonyl (C=O) groups is 1. The lowest BCUT2D eigenvalue weighted by atomic mass is 10.3.